The SMILES string of the molecule is C.CC.CC.CC.Cc1c(C)[n+](C)c(C)n1C.Cc1c[n+](C)cn1C.Cc1cc[c-]cc1.Cc1n(C)cc[n+]1C.Cc1nccn1C.[Y]. The molecule has 5 rings (SSSR count). The normalized spacial score (nSPS) is 8.50. The Labute approximate surface area is 322 Å². The first-order valence-electron chi connectivity index (χ1n) is 16.5. The quantitative estimate of drug-likeness (QED) is 0.121. The molecule has 1 aromatic carbocycles. The molecule has 271 valence electrons. The summed E-state index contributed by atoms with van der Waals surface area (Å²) in [6.45, 7) is 26.6. The van der Waals surface area contributed by atoms with Crippen molar-refractivity contribution in [3.63, 3.8) is 0 Å². The third-order valence-corrected chi connectivity index (χ3v) is 7.28. The van der Waals surface area contributed by atoms with Crippen molar-refractivity contribution < 1.29 is 46.4 Å². The molecule has 4 aromatic heterocycles. The van der Waals surface area contributed by atoms with Gasteiger partial charge in [0.25, 0.3) is 11.6 Å². The van der Waals surface area contributed by atoms with Gasteiger partial charge in [0.2, 0.25) is 6.33 Å². The van der Waals surface area contributed by atoms with Crippen molar-refractivity contribution in [2.24, 2.45) is 49.3 Å². The van der Waals surface area contributed by atoms with Crippen LogP contribution in [0.2, 0.25) is 0 Å². The zero-order valence-corrected chi connectivity index (χ0v) is 36.8. The summed E-state index contributed by atoms with van der Waals surface area (Å²) in [6, 6.07) is 10.8. The molecule has 0 amide bonds. The van der Waals surface area contributed by atoms with Crippen molar-refractivity contribution in [1.29, 1.82) is 0 Å². The third-order valence-electron chi connectivity index (χ3n) is 7.28. The van der Waals surface area contributed by atoms with E-state index in [9.17, 15) is 0 Å². The minimum atomic E-state index is 0. The van der Waals surface area contributed by atoms with Gasteiger partial charge in [-0.15, -0.1) is 0 Å². The van der Waals surface area contributed by atoms with Crippen LogP contribution in [-0.2, 0) is 82.0 Å². The Kier molecular flexibility index (Phi) is 35.8. The van der Waals surface area contributed by atoms with Crippen LogP contribution < -0.4 is 13.7 Å². The summed E-state index contributed by atoms with van der Waals surface area (Å²) in [7, 11) is 14.3. The van der Waals surface area contributed by atoms with E-state index in [2.05, 4.69) is 95.7 Å². The fourth-order valence-corrected chi connectivity index (χ4v) is 3.55. The number of rotatable bonds is 0. The van der Waals surface area contributed by atoms with Crippen molar-refractivity contribution >= 4 is 0 Å². The van der Waals surface area contributed by atoms with Crippen molar-refractivity contribution in [2.75, 3.05) is 0 Å². The molecule has 0 atom stereocenters. The number of imidazole rings is 4. The third kappa shape index (κ3) is 21.2. The molecule has 0 aliphatic carbocycles. The second-order valence-electron chi connectivity index (χ2n) is 10.2. The molecule has 0 saturated heterocycles. The molecular formula is C39H74N8Y+2. The number of aromatic nitrogens is 8. The van der Waals surface area contributed by atoms with E-state index in [4.69, 9.17) is 0 Å². The van der Waals surface area contributed by atoms with Gasteiger partial charge >= 0.3 is 0 Å². The Morgan fingerprint density at radius 3 is 1.31 bits per heavy atom. The number of hydrogen-bond donors (Lipinski definition) is 0. The van der Waals surface area contributed by atoms with E-state index in [1.54, 1.807) is 6.20 Å². The van der Waals surface area contributed by atoms with Gasteiger partial charge in [0.15, 0.2) is 0 Å². The largest absolute Gasteiger partial charge is 0.338 e. The smallest absolute Gasteiger partial charge is 0.253 e. The van der Waals surface area contributed by atoms with Gasteiger partial charge in [-0.3, -0.25) is 0 Å². The van der Waals surface area contributed by atoms with Crippen LogP contribution in [0.5, 0.6) is 0 Å². The maximum atomic E-state index is 3.98. The monoisotopic (exact) mass is 744 g/mol. The van der Waals surface area contributed by atoms with Crippen LogP contribution in [-0.4, -0.2) is 23.3 Å². The van der Waals surface area contributed by atoms with Gasteiger partial charge in [0.1, 0.15) is 41.5 Å². The average molecular weight is 744 g/mol. The molecule has 5 aromatic rings. The zero-order valence-electron chi connectivity index (χ0n) is 33.9. The van der Waals surface area contributed by atoms with Crippen LogP contribution in [0.15, 0.2) is 61.6 Å². The van der Waals surface area contributed by atoms with E-state index in [-0.39, 0.29) is 40.1 Å². The van der Waals surface area contributed by atoms with Gasteiger partial charge in [-0.25, -0.2) is 32.4 Å². The van der Waals surface area contributed by atoms with Crippen LogP contribution in [0.4, 0.5) is 0 Å². The minimum Gasteiger partial charge on any atom is -0.338 e. The predicted octanol–water partition coefficient (Wildman–Crippen LogP) is 7.33. The fraction of sp³-hybridized carbons (Fsp3) is 0.538. The number of nitrogens with zero attached hydrogens (tertiary/aromatic N) is 8. The summed E-state index contributed by atoms with van der Waals surface area (Å²) < 4.78 is 14.7. The van der Waals surface area contributed by atoms with Crippen LogP contribution >= 0.6 is 0 Å². The van der Waals surface area contributed by atoms with Crippen LogP contribution in [0, 0.1) is 54.5 Å². The van der Waals surface area contributed by atoms with E-state index < -0.39 is 0 Å². The van der Waals surface area contributed by atoms with Gasteiger partial charge in [-0.2, -0.15) is 35.9 Å². The molecule has 9 heteroatoms. The Balaban J connectivity index is -0.000000153. The molecule has 8 nitrogen and oxygen atoms in total. The molecular weight excluding hydrogens is 669 g/mol. The first kappa shape index (κ1) is 54.6. The number of aryl methyl sites for hydroxylation is 8. The summed E-state index contributed by atoms with van der Waals surface area (Å²) in [5, 5.41) is 0. The van der Waals surface area contributed by atoms with Crippen molar-refractivity contribution in [1.82, 2.24) is 23.3 Å². The Bertz CT molecular complexity index is 1300. The van der Waals surface area contributed by atoms with E-state index in [1.165, 1.54) is 34.3 Å². The molecule has 1 radical (unpaired) electrons. The second-order valence-corrected chi connectivity index (χ2v) is 10.2. The Morgan fingerprint density at radius 1 is 0.688 bits per heavy atom. The molecule has 0 aliphatic heterocycles. The van der Waals surface area contributed by atoms with Gasteiger partial charge in [-0.05, 0) is 6.92 Å². The van der Waals surface area contributed by atoms with Crippen LogP contribution in [0.25, 0.3) is 0 Å². The summed E-state index contributed by atoms with van der Waals surface area (Å²) in [5.74, 6) is 3.63. The maximum Gasteiger partial charge on any atom is 0.253 e. The molecule has 0 N–H and O–H groups in total. The zero-order chi connectivity index (χ0) is 36.6. The summed E-state index contributed by atoms with van der Waals surface area (Å²) >= 11 is 0. The standard InChI is InChI=1S/C8H15N2.C7H7.2C6H11N2.C5H8N2.3C2H6.CH4.Y/c1-6-7(2)10(5)8(3)9(6)4;1-7-5-3-2-4-6-7;1-6-4-7(2)5-8(6)3;1-6-7(2)4-5-8(6)3;1-5-6-3-4-7(5)2;3*1-2;;/h1-5H3;3-6H,1H3;2*4-5H,1-3H3;3-4H,1-2H3;3*1-2H3;1H4;/q+1;-1;2*+1;;;;;;. The topological polar surface area (TPSA) is 44.2 Å². The molecule has 0 unspecified atom stereocenters. The summed E-state index contributed by atoms with van der Waals surface area (Å²) in [6.07, 6.45) is 11.9. The summed E-state index contributed by atoms with van der Waals surface area (Å²) in [4.78, 5) is 3.98. The maximum absolute atomic E-state index is 3.98. The van der Waals surface area contributed by atoms with Crippen LogP contribution in [0.3, 0.4) is 0 Å². The molecule has 0 aliphatic rings. The van der Waals surface area contributed by atoms with E-state index in [1.807, 2.05) is 142 Å². The van der Waals surface area contributed by atoms with Crippen LogP contribution in [0.1, 0.15) is 89.1 Å². The van der Waals surface area contributed by atoms with Crippen molar-refractivity contribution in [2.45, 2.75) is 97.4 Å². The minimum absolute atomic E-state index is 0. The Hall–Kier alpha value is -2.84. The van der Waals surface area contributed by atoms with E-state index in [0.717, 1.165) is 5.82 Å². The predicted molar refractivity (Wildman–Crippen MR) is 202 cm³/mol. The first-order valence-corrected chi connectivity index (χ1v) is 16.5. The van der Waals surface area contributed by atoms with Gasteiger partial charge in [0, 0.05) is 86.8 Å². The summed E-state index contributed by atoms with van der Waals surface area (Å²) in [5.41, 5.74) is 5.27. The van der Waals surface area contributed by atoms with E-state index >= 15 is 0 Å². The number of hydrogen-bond acceptors (Lipinski definition) is 1. The number of benzene rings is 1. The van der Waals surface area contributed by atoms with Gasteiger partial charge in [0.05, 0.1) is 42.3 Å². The molecule has 48 heavy (non-hydrogen) atoms. The van der Waals surface area contributed by atoms with Gasteiger partial charge in [-0.1, -0.05) is 55.9 Å². The van der Waals surface area contributed by atoms with Crippen molar-refractivity contribution in [3.8, 4) is 0 Å². The molecule has 0 spiro atoms. The fourth-order valence-electron chi connectivity index (χ4n) is 3.55. The second kappa shape index (κ2) is 31.4. The van der Waals surface area contributed by atoms with Gasteiger partial charge < -0.3 is 4.57 Å². The van der Waals surface area contributed by atoms with Crippen molar-refractivity contribution in [3.05, 3.63) is 108 Å². The average Bonchev–Trinajstić information content (AvgIpc) is 3.74. The first-order chi connectivity index (χ1) is 21.7. The molecule has 4 heterocycles. The molecule has 0 bridgehead atoms. The van der Waals surface area contributed by atoms with E-state index in [0.29, 0.717) is 0 Å². The molecule has 0 saturated carbocycles. The Morgan fingerprint density at radius 2 is 1.19 bits per heavy atom. The molecule has 0 fully saturated rings.